The summed E-state index contributed by atoms with van der Waals surface area (Å²) in [7, 11) is 0. The Balaban J connectivity index is 1.55. The Labute approximate surface area is 156 Å². The van der Waals surface area contributed by atoms with Crippen LogP contribution in [0.3, 0.4) is 0 Å². The molecule has 1 aliphatic heterocycles. The number of nitrogens with zero attached hydrogens (tertiary/aromatic N) is 4. The number of hydrogen-bond acceptors (Lipinski definition) is 4. The Bertz CT molecular complexity index is 959. The van der Waals surface area contributed by atoms with Gasteiger partial charge in [0.05, 0.1) is 12.2 Å². The molecule has 26 heavy (non-hydrogen) atoms. The quantitative estimate of drug-likeness (QED) is 0.708. The van der Waals surface area contributed by atoms with E-state index in [1.165, 1.54) is 0 Å². The maximum absolute atomic E-state index is 12.7. The van der Waals surface area contributed by atoms with Crippen LogP contribution < -0.4 is 0 Å². The van der Waals surface area contributed by atoms with Crippen LogP contribution in [-0.2, 0) is 24.3 Å². The fraction of sp³-hybridized carbons (Fsp3) is 0.316. The minimum atomic E-state index is 0.0464. The second-order valence-corrected chi connectivity index (χ2v) is 7.03. The zero-order valence-electron chi connectivity index (χ0n) is 14.7. The molecule has 0 saturated carbocycles. The lowest BCUT2D eigenvalue weighted by Gasteiger charge is -2.26. The first-order valence-electron chi connectivity index (χ1n) is 8.53. The highest BCUT2D eigenvalue weighted by Crippen LogP contribution is 2.30. The van der Waals surface area contributed by atoms with E-state index in [1.54, 1.807) is 4.68 Å². The molecule has 7 heteroatoms. The largest absolute Gasteiger partial charge is 0.360 e. The van der Waals surface area contributed by atoms with Crippen molar-refractivity contribution in [2.24, 2.45) is 0 Å². The van der Waals surface area contributed by atoms with Crippen LogP contribution in [-0.4, -0.2) is 32.3 Å². The summed E-state index contributed by atoms with van der Waals surface area (Å²) in [5, 5.41) is 9.27. The van der Waals surface area contributed by atoms with E-state index in [-0.39, 0.29) is 12.5 Å². The van der Waals surface area contributed by atoms with Gasteiger partial charge in [0.25, 0.3) is 0 Å². The average Bonchev–Trinajstić information content (AvgIpc) is 3.18. The van der Waals surface area contributed by atoms with Crippen LogP contribution in [0.4, 0.5) is 0 Å². The lowest BCUT2D eigenvalue weighted by molar-refractivity contribution is -0.133. The van der Waals surface area contributed by atoms with Gasteiger partial charge in [-0.1, -0.05) is 28.9 Å². The third-order valence-corrected chi connectivity index (χ3v) is 4.94. The zero-order valence-corrected chi connectivity index (χ0v) is 15.5. The van der Waals surface area contributed by atoms with Crippen LogP contribution in [0.5, 0.6) is 0 Å². The molecule has 0 radical (unpaired) electrons. The summed E-state index contributed by atoms with van der Waals surface area (Å²) >= 11 is 5.97. The van der Waals surface area contributed by atoms with Gasteiger partial charge in [-0.25, -0.2) is 0 Å². The predicted molar refractivity (Wildman–Crippen MR) is 97.8 cm³/mol. The van der Waals surface area contributed by atoms with Crippen molar-refractivity contribution in [3.8, 4) is 11.3 Å². The molecule has 134 valence electrons. The van der Waals surface area contributed by atoms with Crippen molar-refractivity contribution >= 4 is 17.5 Å². The van der Waals surface area contributed by atoms with Crippen LogP contribution in [0.25, 0.3) is 11.3 Å². The second-order valence-electron chi connectivity index (χ2n) is 6.59. The Morgan fingerprint density at radius 3 is 2.73 bits per heavy atom. The van der Waals surface area contributed by atoms with E-state index in [0.717, 1.165) is 34.0 Å². The highest BCUT2D eigenvalue weighted by Gasteiger charge is 2.27. The summed E-state index contributed by atoms with van der Waals surface area (Å²) in [6.45, 7) is 5.25. The SMILES string of the molecule is Cc1cc(C)n(CC(=O)N2CCc3onc(-c4ccc(Cl)cc4)c3C2)n1. The van der Waals surface area contributed by atoms with E-state index in [1.807, 2.05) is 49.1 Å². The number of fused-ring (bicyclic) bond motifs is 1. The molecule has 3 heterocycles. The third-order valence-electron chi connectivity index (χ3n) is 4.69. The summed E-state index contributed by atoms with van der Waals surface area (Å²) < 4.78 is 7.25. The van der Waals surface area contributed by atoms with Gasteiger partial charge in [0.2, 0.25) is 5.91 Å². The monoisotopic (exact) mass is 370 g/mol. The molecule has 0 spiro atoms. The van der Waals surface area contributed by atoms with Crippen molar-refractivity contribution in [1.29, 1.82) is 0 Å². The number of halogens is 1. The Morgan fingerprint density at radius 1 is 1.27 bits per heavy atom. The molecule has 0 fully saturated rings. The van der Waals surface area contributed by atoms with E-state index in [4.69, 9.17) is 16.1 Å². The van der Waals surface area contributed by atoms with Crippen LogP contribution in [0, 0.1) is 13.8 Å². The van der Waals surface area contributed by atoms with Gasteiger partial charge in [-0.15, -0.1) is 0 Å². The molecule has 0 unspecified atom stereocenters. The number of amides is 1. The van der Waals surface area contributed by atoms with Crippen molar-refractivity contribution < 1.29 is 9.32 Å². The Kier molecular flexibility index (Phi) is 4.28. The zero-order chi connectivity index (χ0) is 18.3. The first-order chi connectivity index (χ1) is 12.5. The molecule has 2 aromatic heterocycles. The highest BCUT2D eigenvalue weighted by atomic mass is 35.5. The molecule has 0 atom stereocenters. The van der Waals surface area contributed by atoms with Gasteiger partial charge in [-0.3, -0.25) is 9.48 Å². The number of rotatable bonds is 3. The fourth-order valence-corrected chi connectivity index (χ4v) is 3.45. The number of aryl methyl sites for hydroxylation is 2. The van der Waals surface area contributed by atoms with Gasteiger partial charge < -0.3 is 9.42 Å². The molecule has 0 bridgehead atoms. The minimum absolute atomic E-state index is 0.0464. The lowest BCUT2D eigenvalue weighted by Crippen LogP contribution is -2.38. The predicted octanol–water partition coefficient (Wildman–Crippen LogP) is 3.39. The Morgan fingerprint density at radius 2 is 2.04 bits per heavy atom. The van der Waals surface area contributed by atoms with Crippen molar-refractivity contribution in [2.75, 3.05) is 6.54 Å². The maximum Gasteiger partial charge on any atom is 0.244 e. The van der Waals surface area contributed by atoms with Gasteiger partial charge in [0.15, 0.2) is 0 Å². The molecule has 6 nitrogen and oxygen atoms in total. The van der Waals surface area contributed by atoms with E-state index in [0.29, 0.717) is 24.5 Å². The summed E-state index contributed by atoms with van der Waals surface area (Å²) in [5.41, 5.74) is 4.59. The second kappa shape index (κ2) is 6.61. The highest BCUT2D eigenvalue weighted by molar-refractivity contribution is 6.30. The van der Waals surface area contributed by atoms with Gasteiger partial charge in [0, 0.05) is 34.8 Å². The summed E-state index contributed by atoms with van der Waals surface area (Å²) in [4.78, 5) is 14.6. The molecule has 4 rings (SSSR count). The topological polar surface area (TPSA) is 64.2 Å². The van der Waals surface area contributed by atoms with E-state index in [2.05, 4.69) is 10.3 Å². The van der Waals surface area contributed by atoms with Gasteiger partial charge in [-0.2, -0.15) is 5.10 Å². The van der Waals surface area contributed by atoms with Crippen molar-refractivity contribution in [3.05, 3.63) is 58.1 Å². The average molecular weight is 371 g/mol. The summed E-state index contributed by atoms with van der Waals surface area (Å²) in [6.07, 6.45) is 0.665. The van der Waals surface area contributed by atoms with E-state index >= 15 is 0 Å². The minimum Gasteiger partial charge on any atom is -0.360 e. The van der Waals surface area contributed by atoms with Crippen molar-refractivity contribution in [3.63, 3.8) is 0 Å². The number of aromatic nitrogens is 3. The molecule has 0 aliphatic carbocycles. The normalized spacial score (nSPS) is 13.7. The smallest absolute Gasteiger partial charge is 0.244 e. The molecule has 1 amide bonds. The summed E-state index contributed by atoms with van der Waals surface area (Å²) in [6, 6.07) is 9.45. The number of carbonyl (C=O) groups is 1. The van der Waals surface area contributed by atoms with Gasteiger partial charge in [-0.05, 0) is 32.0 Å². The fourth-order valence-electron chi connectivity index (χ4n) is 3.32. The summed E-state index contributed by atoms with van der Waals surface area (Å²) in [5.74, 6) is 0.898. The van der Waals surface area contributed by atoms with E-state index < -0.39 is 0 Å². The first kappa shape index (κ1) is 16.8. The van der Waals surface area contributed by atoms with Crippen LogP contribution in [0.1, 0.15) is 22.7 Å². The van der Waals surface area contributed by atoms with Crippen molar-refractivity contribution in [2.45, 2.75) is 33.4 Å². The van der Waals surface area contributed by atoms with Crippen LogP contribution in [0.15, 0.2) is 34.9 Å². The van der Waals surface area contributed by atoms with Crippen LogP contribution >= 0.6 is 11.6 Å². The van der Waals surface area contributed by atoms with Gasteiger partial charge in [0.1, 0.15) is 18.0 Å². The number of carbonyl (C=O) groups excluding carboxylic acids is 1. The Hall–Kier alpha value is -2.60. The molecule has 0 N–H and O–H groups in total. The molecule has 1 aliphatic rings. The molecule has 3 aromatic rings. The molecule has 0 saturated heterocycles. The van der Waals surface area contributed by atoms with Crippen molar-refractivity contribution in [1.82, 2.24) is 19.8 Å². The molecular weight excluding hydrogens is 352 g/mol. The first-order valence-corrected chi connectivity index (χ1v) is 8.91. The van der Waals surface area contributed by atoms with Gasteiger partial charge >= 0.3 is 0 Å². The maximum atomic E-state index is 12.7. The molecule has 1 aromatic carbocycles. The third kappa shape index (κ3) is 3.12. The molecular formula is C19H19ClN4O2. The number of benzene rings is 1. The standard InChI is InChI=1S/C19H19ClN4O2/c1-12-9-13(2)24(21-12)11-18(25)23-8-7-17-16(10-23)19(22-26-17)14-3-5-15(20)6-4-14/h3-6,9H,7-8,10-11H2,1-2H3. The number of hydrogen-bond donors (Lipinski definition) is 0. The lowest BCUT2D eigenvalue weighted by atomic mass is 10.0. The van der Waals surface area contributed by atoms with Crippen LogP contribution in [0.2, 0.25) is 5.02 Å². The van der Waals surface area contributed by atoms with E-state index in [9.17, 15) is 4.79 Å².